The average Bonchev–Trinajstić information content (AvgIpc) is 2.78. The van der Waals surface area contributed by atoms with E-state index < -0.39 is 22.0 Å². The van der Waals surface area contributed by atoms with Crippen LogP contribution in [0.15, 0.2) is 78.9 Å². The summed E-state index contributed by atoms with van der Waals surface area (Å²) >= 11 is 0. The van der Waals surface area contributed by atoms with Crippen molar-refractivity contribution in [3.8, 4) is 17.2 Å². The molecule has 3 aromatic carbocycles. The summed E-state index contributed by atoms with van der Waals surface area (Å²) in [6.45, 7) is 4.01. The number of carbonyl (C=O) groups excluding carboxylic acids is 1. The summed E-state index contributed by atoms with van der Waals surface area (Å²) in [4.78, 5) is 12.7. The summed E-state index contributed by atoms with van der Waals surface area (Å²) in [5.41, 5.74) is 1.37. The Morgan fingerprint density at radius 2 is 1.55 bits per heavy atom. The van der Waals surface area contributed by atoms with Gasteiger partial charge in [-0.15, -0.1) is 0 Å². The molecule has 0 spiro atoms. The average molecular weight is 469 g/mol. The minimum atomic E-state index is -3.71. The van der Waals surface area contributed by atoms with E-state index in [0.29, 0.717) is 17.2 Å². The van der Waals surface area contributed by atoms with Crippen LogP contribution in [0.5, 0.6) is 17.2 Å². The van der Waals surface area contributed by atoms with Crippen molar-refractivity contribution < 1.29 is 22.7 Å². The Morgan fingerprint density at radius 3 is 2.18 bits per heavy atom. The van der Waals surface area contributed by atoms with Gasteiger partial charge >= 0.3 is 0 Å². The maximum Gasteiger partial charge on any atom is 0.243 e. The summed E-state index contributed by atoms with van der Waals surface area (Å²) in [5.74, 6) is 1.56. The largest absolute Gasteiger partial charge is 0.491 e. The van der Waals surface area contributed by atoms with E-state index >= 15 is 0 Å². The molecule has 0 saturated carbocycles. The molecule has 3 rings (SSSR count). The molecular formula is C25H28N2O5S. The number of hydrogen-bond acceptors (Lipinski definition) is 5. The number of para-hydroxylation sites is 2. The molecule has 1 atom stereocenters. The molecular weight excluding hydrogens is 440 g/mol. The molecule has 174 valence electrons. The van der Waals surface area contributed by atoms with Crippen molar-refractivity contribution in [1.82, 2.24) is 5.32 Å². The number of nitrogens with zero attached hydrogens (tertiary/aromatic N) is 1. The second-order valence-corrected chi connectivity index (χ2v) is 9.41. The van der Waals surface area contributed by atoms with E-state index in [9.17, 15) is 13.2 Å². The Balaban J connectivity index is 1.63. The summed E-state index contributed by atoms with van der Waals surface area (Å²) in [5, 5.41) is 2.74. The number of amides is 1. The molecule has 8 heteroatoms. The van der Waals surface area contributed by atoms with Crippen LogP contribution < -0.4 is 19.1 Å². The van der Waals surface area contributed by atoms with Crippen molar-refractivity contribution in [2.24, 2.45) is 0 Å². The lowest BCUT2D eigenvalue weighted by Crippen LogP contribution is -2.48. The third-order valence-electron chi connectivity index (χ3n) is 4.91. The lowest BCUT2D eigenvalue weighted by Gasteiger charge is -2.28. The smallest absolute Gasteiger partial charge is 0.243 e. The Morgan fingerprint density at radius 1 is 0.939 bits per heavy atom. The van der Waals surface area contributed by atoms with Gasteiger partial charge in [0.2, 0.25) is 15.9 Å². The maximum absolute atomic E-state index is 12.7. The third kappa shape index (κ3) is 6.73. The van der Waals surface area contributed by atoms with Crippen LogP contribution >= 0.6 is 0 Å². The first-order valence-electron chi connectivity index (χ1n) is 10.5. The van der Waals surface area contributed by atoms with E-state index in [2.05, 4.69) is 5.32 Å². The van der Waals surface area contributed by atoms with Crippen molar-refractivity contribution in [2.75, 3.05) is 23.7 Å². The Labute approximate surface area is 195 Å². The highest BCUT2D eigenvalue weighted by Crippen LogP contribution is 2.27. The quantitative estimate of drug-likeness (QED) is 0.452. The van der Waals surface area contributed by atoms with Crippen LogP contribution in [-0.4, -0.2) is 39.8 Å². The number of aryl methyl sites for hydroxylation is 1. The Kier molecular flexibility index (Phi) is 7.95. The van der Waals surface area contributed by atoms with Crippen LogP contribution in [0.2, 0.25) is 0 Å². The molecule has 0 radical (unpaired) electrons. The summed E-state index contributed by atoms with van der Waals surface area (Å²) in [6, 6.07) is 22.5. The van der Waals surface area contributed by atoms with Crippen molar-refractivity contribution in [3.05, 3.63) is 84.4 Å². The number of ether oxygens (including phenoxy) is 2. The Hall–Kier alpha value is -3.52. The molecule has 7 nitrogen and oxygen atoms in total. The monoisotopic (exact) mass is 468 g/mol. The molecule has 0 aliphatic carbocycles. The number of carbonyl (C=O) groups is 1. The van der Waals surface area contributed by atoms with Crippen molar-refractivity contribution >= 4 is 21.6 Å². The van der Waals surface area contributed by atoms with Gasteiger partial charge in [0.1, 0.15) is 29.9 Å². The predicted molar refractivity (Wildman–Crippen MR) is 129 cm³/mol. The van der Waals surface area contributed by atoms with Crippen LogP contribution in [0, 0.1) is 6.92 Å². The molecule has 0 saturated heterocycles. The third-order valence-corrected chi connectivity index (χ3v) is 6.15. The standard InChI is InChI=1S/C25H28N2O5S/c1-19-9-7-8-12-24(19)31-18-17-26-25(28)20(2)27(33(3,29)30)21-13-15-23(16-14-21)32-22-10-5-4-6-11-22/h4-16,20H,17-18H2,1-3H3,(H,26,28)/t20-/m1/s1. The minimum Gasteiger partial charge on any atom is -0.491 e. The fourth-order valence-electron chi connectivity index (χ4n) is 3.30. The number of hydrogen-bond donors (Lipinski definition) is 1. The highest BCUT2D eigenvalue weighted by atomic mass is 32.2. The zero-order chi connectivity index (χ0) is 23.8. The Bertz CT molecular complexity index is 1160. The molecule has 0 bridgehead atoms. The first-order valence-corrected chi connectivity index (χ1v) is 12.4. The zero-order valence-corrected chi connectivity index (χ0v) is 19.7. The van der Waals surface area contributed by atoms with Crippen LogP contribution in [0.1, 0.15) is 12.5 Å². The van der Waals surface area contributed by atoms with Crippen LogP contribution in [0.3, 0.4) is 0 Å². The maximum atomic E-state index is 12.7. The van der Waals surface area contributed by atoms with E-state index in [1.165, 1.54) is 0 Å². The molecule has 33 heavy (non-hydrogen) atoms. The molecule has 0 heterocycles. The number of rotatable bonds is 10. The molecule has 0 aliphatic rings. The molecule has 1 amide bonds. The summed E-state index contributed by atoms with van der Waals surface area (Å²) < 4.78 is 37.5. The highest BCUT2D eigenvalue weighted by molar-refractivity contribution is 7.92. The van der Waals surface area contributed by atoms with Crippen LogP contribution in [0.4, 0.5) is 5.69 Å². The number of benzene rings is 3. The van der Waals surface area contributed by atoms with Gasteiger partial charge in [0.05, 0.1) is 18.5 Å². The van der Waals surface area contributed by atoms with Gasteiger partial charge < -0.3 is 14.8 Å². The van der Waals surface area contributed by atoms with Crippen LogP contribution in [-0.2, 0) is 14.8 Å². The lowest BCUT2D eigenvalue weighted by atomic mass is 10.2. The predicted octanol–water partition coefficient (Wildman–Crippen LogP) is 4.14. The molecule has 0 aliphatic heterocycles. The van der Waals surface area contributed by atoms with E-state index in [0.717, 1.165) is 21.9 Å². The highest BCUT2D eigenvalue weighted by Gasteiger charge is 2.29. The number of anilines is 1. The van der Waals surface area contributed by atoms with E-state index in [1.54, 1.807) is 31.2 Å². The minimum absolute atomic E-state index is 0.249. The fraction of sp³-hybridized carbons (Fsp3) is 0.240. The molecule has 0 aromatic heterocycles. The van der Waals surface area contributed by atoms with E-state index in [1.807, 2.05) is 61.5 Å². The van der Waals surface area contributed by atoms with Gasteiger partial charge in [0, 0.05) is 0 Å². The van der Waals surface area contributed by atoms with Gasteiger partial charge in [-0.3, -0.25) is 9.10 Å². The van der Waals surface area contributed by atoms with Gasteiger partial charge in [-0.25, -0.2) is 8.42 Å². The second-order valence-electron chi connectivity index (χ2n) is 7.55. The second kappa shape index (κ2) is 10.9. The topological polar surface area (TPSA) is 84.9 Å². The normalized spacial score (nSPS) is 12.0. The van der Waals surface area contributed by atoms with E-state index in [-0.39, 0.29) is 13.2 Å². The zero-order valence-electron chi connectivity index (χ0n) is 18.9. The van der Waals surface area contributed by atoms with Gasteiger partial charge in [-0.2, -0.15) is 0 Å². The number of nitrogens with one attached hydrogen (secondary N) is 1. The molecule has 0 fully saturated rings. The SMILES string of the molecule is Cc1ccccc1OCCNC(=O)[C@@H](C)N(c1ccc(Oc2ccccc2)cc1)S(C)(=O)=O. The fourth-order valence-corrected chi connectivity index (χ4v) is 4.47. The summed E-state index contributed by atoms with van der Waals surface area (Å²) in [6.07, 6.45) is 1.08. The first-order chi connectivity index (χ1) is 15.8. The van der Waals surface area contributed by atoms with Gasteiger partial charge in [-0.1, -0.05) is 36.4 Å². The number of sulfonamides is 1. The van der Waals surface area contributed by atoms with Gasteiger partial charge in [-0.05, 0) is 61.9 Å². The first kappa shape index (κ1) is 24.1. The van der Waals surface area contributed by atoms with Crippen molar-refractivity contribution in [3.63, 3.8) is 0 Å². The lowest BCUT2D eigenvalue weighted by molar-refractivity contribution is -0.121. The van der Waals surface area contributed by atoms with Crippen LogP contribution in [0.25, 0.3) is 0 Å². The summed E-state index contributed by atoms with van der Waals surface area (Å²) in [7, 11) is -3.71. The molecule has 0 unspecified atom stereocenters. The van der Waals surface area contributed by atoms with Crippen molar-refractivity contribution in [2.45, 2.75) is 19.9 Å². The van der Waals surface area contributed by atoms with Gasteiger partial charge in [0.15, 0.2) is 0 Å². The van der Waals surface area contributed by atoms with Crippen molar-refractivity contribution in [1.29, 1.82) is 0 Å². The molecule has 3 aromatic rings. The van der Waals surface area contributed by atoms with Gasteiger partial charge in [0.25, 0.3) is 0 Å². The molecule has 1 N–H and O–H groups in total. The van der Waals surface area contributed by atoms with E-state index in [4.69, 9.17) is 9.47 Å².